The fraction of sp³-hybridized carbons (Fsp3) is 0.308. The van der Waals surface area contributed by atoms with E-state index in [0.29, 0.717) is 23.2 Å². The summed E-state index contributed by atoms with van der Waals surface area (Å²) in [7, 11) is 0. The first-order valence-electron chi connectivity index (χ1n) is 5.50. The first kappa shape index (κ1) is 13.6. The maximum absolute atomic E-state index is 11.4. The van der Waals surface area contributed by atoms with E-state index in [9.17, 15) is 4.79 Å². The number of nitrogens with one attached hydrogen (secondary N) is 1. The first-order chi connectivity index (χ1) is 7.99. The minimum Gasteiger partial charge on any atom is -0.398 e. The number of benzene rings is 1. The van der Waals surface area contributed by atoms with Crippen LogP contribution in [0.4, 0.5) is 5.69 Å². The molecule has 0 aliphatic rings. The number of anilines is 1. The van der Waals surface area contributed by atoms with E-state index in [1.54, 1.807) is 18.2 Å². The lowest BCUT2D eigenvalue weighted by atomic mass is 10.2. The second kappa shape index (κ2) is 6.30. The van der Waals surface area contributed by atoms with Crippen molar-refractivity contribution in [3.63, 3.8) is 0 Å². The maximum Gasteiger partial charge on any atom is 0.244 e. The van der Waals surface area contributed by atoms with Crippen LogP contribution < -0.4 is 11.1 Å². The molecule has 0 aliphatic carbocycles. The molecule has 0 saturated heterocycles. The minimum atomic E-state index is -0.104. The van der Waals surface area contributed by atoms with Gasteiger partial charge in [0.2, 0.25) is 5.91 Å². The van der Waals surface area contributed by atoms with Gasteiger partial charge < -0.3 is 11.1 Å². The van der Waals surface area contributed by atoms with Gasteiger partial charge in [0.05, 0.1) is 10.7 Å². The molecule has 0 unspecified atom stereocenters. The first-order valence-corrected chi connectivity index (χ1v) is 5.87. The van der Waals surface area contributed by atoms with Crippen molar-refractivity contribution in [2.45, 2.75) is 13.8 Å². The van der Waals surface area contributed by atoms with Crippen molar-refractivity contribution in [3.8, 4) is 0 Å². The van der Waals surface area contributed by atoms with Gasteiger partial charge in [0.1, 0.15) is 0 Å². The molecule has 0 aromatic heterocycles. The Balaban J connectivity index is 2.58. The van der Waals surface area contributed by atoms with Crippen LogP contribution in [0.3, 0.4) is 0 Å². The van der Waals surface area contributed by atoms with E-state index in [1.165, 1.54) is 6.08 Å². The van der Waals surface area contributed by atoms with Crippen LogP contribution in [0.2, 0.25) is 5.02 Å². The van der Waals surface area contributed by atoms with E-state index in [4.69, 9.17) is 17.3 Å². The molecule has 1 rings (SSSR count). The van der Waals surface area contributed by atoms with Crippen LogP contribution in [0.15, 0.2) is 24.3 Å². The summed E-state index contributed by atoms with van der Waals surface area (Å²) in [6.07, 6.45) is 3.20. The van der Waals surface area contributed by atoms with Crippen molar-refractivity contribution in [2.75, 3.05) is 12.3 Å². The number of halogens is 1. The third-order valence-electron chi connectivity index (χ3n) is 2.13. The van der Waals surface area contributed by atoms with Crippen LogP contribution in [0.25, 0.3) is 6.08 Å². The summed E-state index contributed by atoms with van der Waals surface area (Å²) < 4.78 is 0. The molecule has 3 nitrogen and oxygen atoms in total. The van der Waals surface area contributed by atoms with Gasteiger partial charge in [-0.15, -0.1) is 0 Å². The second-order valence-electron chi connectivity index (χ2n) is 4.25. The smallest absolute Gasteiger partial charge is 0.244 e. The highest BCUT2D eigenvalue weighted by atomic mass is 35.5. The monoisotopic (exact) mass is 252 g/mol. The zero-order chi connectivity index (χ0) is 12.8. The number of carbonyl (C=O) groups excluding carboxylic acids is 1. The quantitative estimate of drug-likeness (QED) is 0.640. The summed E-state index contributed by atoms with van der Waals surface area (Å²) >= 11 is 5.80. The molecule has 0 saturated carbocycles. The molecule has 0 bridgehead atoms. The fourth-order valence-corrected chi connectivity index (χ4v) is 1.32. The lowest BCUT2D eigenvalue weighted by Gasteiger charge is -2.04. The highest BCUT2D eigenvalue weighted by Gasteiger charge is 1.98. The van der Waals surface area contributed by atoms with E-state index < -0.39 is 0 Å². The van der Waals surface area contributed by atoms with Crippen LogP contribution in [0.5, 0.6) is 0 Å². The Kier molecular flexibility index (Phi) is 5.04. The average molecular weight is 253 g/mol. The molecular formula is C13H17ClN2O. The summed E-state index contributed by atoms with van der Waals surface area (Å²) in [5.41, 5.74) is 7.02. The molecule has 0 heterocycles. The van der Waals surface area contributed by atoms with Gasteiger partial charge in [-0.3, -0.25) is 4.79 Å². The van der Waals surface area contributed by atoms with E-state index in [-0.39, 0.29) is 5.91 Å². The number of carbonyl (C=O) groups is 1. The van der Waals surface area contributed by atoms with Gasteiger partial charge in [0.25, 0.3) is 0 Å². The van der Waals surface area contributed by atoms with Gasteiger partial charge in [-0.1, -0.05) is 31.5 Å². The van der Waals surface area contributed by atoms with Gasteiger partial charge >= 0.3 is 0 Å². The number of hydrogen-bond donors (Lipinski definition) is 2. The predicted octanol–water partition coefficient (Wildman–Crippen LogP) is 2.71. The molecule has 1 amide bonds. The summed E-state index contributed by atoms with van der Waals surface area (Å²) in [5.74, 6) is 0.339. The van der Waals surface area contributed by atoms with Crippen molar-refractivity contribution < 1.29 is 4.79 Å². The zero-order valence-electron chi connectivity index (χ0n) is 10.0. The SMILES string of the molecule is CC(C)CNC(=O)/C=C/c1ccc(Cl)c(N)c1. The number of nitrogen functional groups attached to an aromatic ring is 1. The molecule has 1 aromatic rings. The minimum absolute atomic E-state index is 0.104. The predicted molar refractivity (Wildman–Crippen MR) is 72.7 cm³/mol. The Hall–Kier alpha value is -1.48. The number of rotatable bonds is 4. The van der Waals surface area contributed by atoms with E-state index in [2.05, 4.69) is 5.32 Å². The fourth-order valence-electron chi connectivity index (χ4n) is 1.20. The average Bonchev–Trinajstić information content (AvgIpc) is 2.28. The zero-order valence-corrected chi connectivity index (χ0v) is 10.8. The van der Waals surface area contributed by atoms with E-state index in [1.807, 2.05) is 19.9 Å². The van der Waals surface area contributed by atoms with Crippen molar-refractivity contribution in [3.05, 3.63) is 34.9 Å². The molecular weight excluding hydrogens is 236 g/mol. The Morgan fingerprint density at radius 2 is 2.24 bits per heavy atom. The number of nitrogens with two attached hydrogens (primary N) is 1. The Bertz CT molecular complexity index is 427. The summed E-state index contributed by atoms with van der Waals surface area (Å²) in [4.78, 5) is 11.4. The van der Waals surface area contributed by atoms with Gasteiger partial charge in [0.15, 0.2) is 0 Å². The lowest BCUT2D eigenvalue weighted by molar-refractivity contribution is -0.116. The third kappa shape index (κ3) is 4.91. The van der Waals surface area contributed by atoms with Crippen molar-refractivity contribution in [1.82, 2.24) is 5.32 Å². The number of hydrogen-bond acceptors (Lipinski definition) is 2. The highest BCUT2D eigenvalue weighted by molar-refractivity contribution is 6.33. The molecule has 0 atom stereocenters. The summed E-state index contributed by atoms with van der Waals surface area (Å²) in [6.45, 7) is 4.76. The number of amides is 1. The van der Waals surface area contributed by atoms with E-state index >= 15 is 0 Å². The van der Waals surface area contributed by atoms with Gasteiger partial charge in [-0.05, 0) is 29.7 Å². The molecule has 92 valence electrons. The largest absolute Gasteiger partial charge is 0.398 e. The van der Waals surface area contributed by atoms with Crippen LogP contribution in [0, 0.1) is 5.92 Å². The normalized spacial score (nSPS) is 11.1. The van der Waals surface area contributed by atoms with Crippen LogP contribution in [-0.4, -0.2) is 12.5 Å². The maximum atomic E-state index is 11.4. The Morgan fingerprint density at radius 1 is 1.53 bits per heavy atom. The van der Waals surface area contributed by atoms with Gasteiger partial charge in [-0.2, -0.15) is 0 Å². The molecule has 4 heteroatoms. The Labute approximate surface area is 107 Å². The molecule has 3 N–H and O–H groups in total. The van der Waals surface area contributed by atoms with Crippen LogP contribution >= 0.6 is 11.6 Å². The third-order valence-corrected chi connectivity index (χ3v) is 2.48. The molecule has 17 heavy (non-hydrogen) atoms. The molecule has 0 aliphatic heterocycles. The molecule has 0 fully saturated rings. The summed E-state index contributed by atoms with van der Waals surface area (Å²) in [5, 5.41) is 3.32. The van der Waals surface area contributed by atoms with Gasteiger partial charge in [-0.25, -0.2) is 0 Å². The Morgan fingerprint density at radius 3 is 2.82 bits per heavy atom. The topological polar surface area (TPSA) is 55.1 Å². The lowest BCUT2D eigenvalue weighted by Crippen LogP contribution is -2.25. The standard InChI is InChI=1S/C13H17ClN2O/c1-9(2)8-16-13(17)6-4-10-3-5-11(14)12(15)7-10/h3-7,9H,8,15H2,1-2H3,(H,16,17)/b6-4+. The van der Waals surface area contributed by atoms with Crippen molar-refractivity contribution >= 4 is 29.3 Å². The van der Waals surface area contributed by atoms with Crippen molar-refractivity contribution in [2.24, 2.45) is 5.92 Å². The second-order valence-corrected chi connectivity index (χ2v) is 4.66. The molecule has 1 aromatic carbocycles. The highest BCUT2D eigenvalue weighted by Crippen LogP contribution is 2.19. The van der Waals surface area contributed by atoms with E-state index in [0.717, 1.165) is 5.56 Å². The molecule has 0 spiro atoms. The van der Waals surface area contributed by atoms with Crippen LogP contribution in [-0.2, 0) is 4.79 Å². The molecule has 0 radical (unpaired) electrons. The van der Waals surface area contributed by atoms with Crippen molar-refractivity contribution in [1.29, 1.82) is 0 Å². The van der Waals surface area contributed by atoms with Crippen LogP contribution in [0.1, 0.15) is 19.4 Å². The summed E-state index contributed by atoms with van der Waals surface area (Å²) in [6, 6.07) is 5.25. The van der Waals surface area contributed by atoms with Gasteiger partial charge in [0, 0.05) is 12.6 Å².